The van der Waals surface area contributed by atoms with Crippen molar-refractivity contribution in [1.82, 2.24) is 24.5 Å². The van der Waals surface area contributed by atoms with Crippen molar-refractivity contribution in [2.24, 2.45) is 0 Å². The zero-order chi connectivity index (χ0) is 28.7. The zero-order valence-electron chi connectivity index (χ0n) is 22.2. The molecule has 0 unspecified atom stereocenters. The van der Waals surface area contributed by atoms with E-state index in [1.807, 2.05) is 20.2 Å². The van der Waals surface area contributed by atoms with Crippen LogP contribution >= 0.6 is 0 Å². The summed E-state index contributed by atoms with van der Waals surface area (Å²) in [6.07, 6.45) is 7.49. The molecule has 0 bridgehead atoms. The number of pyridine rings is 1. The van der Waals surface area contributed by atoms with Gasteiger partial charge in [-0.25, -0.2) is 19.3 Å². The summed E-state index contributed by atoms with van der Waals surface area (Å²) in [7, 11) is 3.74. The smallest absolute Gasteiger partial charge is 0.390 e. The number of carbonyl (C=O) groups is 1. The van der Waals surface area contributed by atoms with Crippen molar-refractivity contribution in [1.29, 1.82) is 5.26 Å². The molecule has 0 atom stereocenters. The number of amides is 1. The number of aromatic nitrogens is 5. The summed E-state index contributed by atoms with van der Waals surface area (Å²) in [6.45, 7) is 0.957. The number of anilines is 3. The molecule has 41 heavy (non-hydrogen) atoms. The molecule has 1 aromatic carbocycles. The number of hydrogen-bond acceptors (Lipinski definition) is 9. The average Bonchev–Trinajstić information content (AvgIpc) is 3.30. The highest BCUT2D eigenvalue weighted by atomic mass is 79.9. The molecule has 0 aliphatic heterocycles. The molecule has 4 aromatic rings. The van der Waals surface area contributed by atoms with Gasteiger partial charge in [0, 0.05) is 23.7 Å². The van der Waals surface area contributed by atoms with E-state index in [0.717, 1.165) is 0 Å². The number of imidazole rings is 1. The van der Waals surface area contributed by atoms with Gasteiger partial charge in [0.2, 0.25) is 12.2 Å². The minimum Gasteiger partial charge on any atom is -1.00 e. The third kappa shape index (κ3) is 8.10. The van der Waals surface area contributed by atoms with Crippen molar-refractivity contribution < 1.29 is 35.6 Å². The van der Waals surface area contributed by atoms with Gasteiger partial charge in [-0.05, 0) is 46.3 Å². The van der Waals surface area contributed by atoms with Gasteiger partial charge in [0.25, 0.3) is 0 Å². The van der Waals surface area contributed by atoms with E-state index in [9.17, 15) is 19.3 Å². The lowest BCUT2D eigenvalue weighted by atomic mass is 10.2. The fourth-order valence-corrected chi connectivity index (χ4v) is 3.95. The Morgan fingerprint density at radius 3 is 2.68 bits per heavy atom. The van der Waals surface area contributed by atoms with Crippen molar-refractivity contribution in [2.75, 3.05) is 31.3 Å². The normalized spacial score (nSPS) is 11.2. The van der Waals surface area contributed by atoms with E-state index < -0.39 is 10.8 Å². The molecule has 2 N–H and O–H groups in total. The van der Waals surface area contributed by atoms with Crippen molar-refractivity contribution in [2.45, 2.75) is 19.5 Å². The summed E-state index contributed by atoms with van der Waals surface area (Å²) < 4.78 is 15.2. The third-order valence-electron chi connectivity index (χ3n) is 5.89. The topological polar surface area (TPSA) is 165 Å². The van der Waals surface area contributed by atoms with Crippen LogP contribution in [0, 0.1) is 27.3 Å². The molecular formula is C26H26BrFN10O3. The highest BCUT2D eigenvalue weighted by Gasteiger charge is 2.28. The van der Waals surface area contributed by atoms with Crippen molar-refractivity contribution in [3.8, 4) is 6.07 Å². The van der Waals surface area contributed by atoms with Crippen LogP contribution in [0.4, 0.5) is 27.5 Å². The molecule has 3 aromatic heterocycles. The minimum atomic E-state index is -0.538. The Kier molecular flexibility index (Phi) is 10.1. The first kappa shape index (κ1) is 30.7. The SMILES string of the molecule is C[N+](C)(C/C=C/C(=O)Nc1cc2c(Nc3ccc(F)cc3)ncnc2cn1)Cc1c([N+](=O)[O-])ncn1CCC#N.[Br-]. The van der Waals surface area contributed by atoms with Gasteiger partial charge in [-0.15, -0.1) is 0 Å². The Hall–Kier alpha value is -4.81. The molecule has 0 saturated carbocycles. The van der Waals surface area contributed by atoms with Crippen LogP contribution in [0.3, 0.4) is 0 Å². The molecule has 4 rings (SSSR count). The quantitative estimate of drug-likeness (QED) is 0.106. The van der Waals surface area contributed by atoms with Crippen LogP contribution in [0.1, 0.15) is 12.1 Å². The second-order valence-corrected chi connectivity index (χ2v) is 9.48. The number of nitriles is 1. The maximum atomic E-state index is 13.2. The Bertz CT molecular complexity index is 1620. The van der Waals surface area contributed by atoms with Crippen LogP contribution in [0.2, 0.25) is 0 Å². The second kappa shape index (κ2) is 13.5. The summed E-state index contributed by atoms with van der Waals surface area (Å²) in [6, 6.07) is 9.48. The molecule has 0 fully saturated rings. The number of nitrogens with zero attached hydrogens (tertiary/aromatic N) is 8. The largest absolute Gasteiger partial charge is 1.00 e. The van der Waals surface area contributed by atoms with Crippen LogP contribution < -0.4 is 27.6 Å². The minimum absolute atomic E-state index is 0. The molecule has 212 valence electrons. The monoisotopic (exact) mass is 624 g/mol. The van der Waals surface area contributed by atoms with E-state index in [1.54, 1.807) is 28.8 Å². The van der Waals surface area contributed by atoms with E-state index in [2.05, 4.69) is 30.6 Å². The second-order valence-electron chi connectivity index (χ2n) is 9.48. The number of nitrogens with one attached hydrogen (secondary N) is 2. The first-order valence-corrected chi connectivity index (χ1v) is 12.1. The lowest BCUT2D eigenvalue weighted by Gasteiger charge is -2.28. The lowest BCUT2D eigenvalue weighted by molar-refractivity contribution is -0.898. The van der Waals surface area contributed by atoms with Gasteiger partial charge in [-0.1, -0.05) is 0 Å². The van der Waals surface area contributed by atoms with Gasteiger partial charge in [0.05, 0.1) is 44.8 Å². The Labute approximate surface area is 244 Å². The van der Waals surface area contributed by atoms with Crippen LogP contribution in [0.5, 0.6) is 0 Å². The van der Waals surface area contributed by atoms with E-state index in [4.69, 9.17) is 5.26 Å². The molecule has 0 aliphatic carbocycles. The van der Waals surface area contributed by atoms with Crippen LogP contribution in [0.25, 0.3) is 10.9 Å². The molecule has 0 saturated heterocycles. The van der Waals surface area contributed by atoms with Crippen molar-refractivity contribution >= 4 is 40.0 Å². The van der Waals surface area contributed by atoms with E-state index in [-0.39, 0.29) is 47.4 Å². The number of hydrogen-bond donors (Lipinski definition) is 2. The Morgan fingerprint density at radius 1 is 1.22 bits per heavy atom. The maximum Gasteiger partial charge on any atom is 0.390 e. The number of carbonyl (C=O) groups excluding carboxylic acids is 1. The van der Waals surface area contributed by atoms with Crippen LogP contribution in [-0.4, -0.2) is 60.5 Å². The van der Waals surface area contributed by atoms with Gasteiger partial charge in [0.15, 0.2) is 5.69 Å². The van der Waals surface area contributed by atoms with Crippen molar-refractivity contribution in [3.05, 3.63) is 83.0 Å². The fraction of sp³-hybridized carbons (Fsp3) is 0.231. The van der Waals surface area contributed by atoms with Gasteiger partial charge in [-0.3, -0.25) is 4.79 Å². The van der Waals surface area contributed by atoms with Gasteiger partial charge in [-0.2, -0.15) is 5.26 Å². The number of nitro groups is 1. The molecule has 1 amide bonds. The number of halogens is 2. The highest BCUT2D eigenvalue weighted by molar-refractivity contribution is 6.00. The molecule has 13 nitrogen and oxygen atoms in total. The molecule has 0 aliphatic rings. The Balaban J connectivity index is 0.00000462. The first-order valence-electron chi connectivity index (χ1n) is 12.1. The number of likely N-dealkylation sites (N-methyl/N-ethyl adjacent to an activating group) is 1. The summed E-state index contributed by atoms with van der Waals surface area (Å²) in [5.41, 5.74) is 1.59. The molecule has 0 radical (unpaired) electrons. The summed E-state index contributed by atoms with van der Waals surface area (Å²) >= 11 is 0. The lowest BCUT2D eigenvalue weighted by Crippen LogP contribution is -3.00. The summed E-state index contributed by atoms with van der Waals surface area (Å²) in [5.74, 6) is -0.268. The number of benzene rings is 1. The highest BCUT2D eigenvalue weighted by Crippen LogP contribution is 2.25. The van der Waals surface area contributed by atoms with Gasteiger partial charge >= 0.3 is 5.82 Å². The van der Waals surface area contributed by atoms with Crippen molar-refractivity contribution in [3.63, 3.8) is 0 Å². The predicted molar refractivity (Wildman–Crippen MR) is 145 cm³/mol. The number of quaternary nitrogens is 1. The number of aryl methyl sites for hydroxylation is 1. The first-order chi connectivity index (χ1) is 19.1. The molecule has 0 spiro atoms. The average molecular weight is 625 g/mol. The molecule has 15 heteroatoms. The molecule has 3 heterocycles. The van der Waals surface area contributed by atoms with Gasteiger partial charge < -0.3 is 46.8 Å². The van der Waals surface area contributed by atoms with E-state index in [0.29, 0.717) is 45.7 Å². The molecular weight excluding hydrogens is 599 g/mol. The third-order valence-corrected chi connectivity index (χ3v) is 5.89. The van der Waals surface area contributed by atoms with E-state index >= 15 is 0 Å². The summed E-state index contributed by atoms with van der Waals surface area (Å²) in [4.78, 5) is 40.1. The standard InChI is InChI=1S/C26H25FN10O3.BrH/c1-37(2,15-22-26(36(39)40)32-17-35(22)11-4-10-28)12-3-5-24(38)34-23-13-20-21(14-29-23)30-16-31-25(20)33-19-8-6-18(27)7-9-19;/h3,5-9,13-14,16-17H,4,11-12,15H2,1-2H3,(H-,29,30,31,33,34,38);1H/b5-3+;. The Morgan fingerprint density at radius 2 is 1.98 bits per heavy atom. The predicted octanol–water partition coefficient (Wildman–Crippen LogP) is 0.701. The van der Waals surface area contributed by atoms with Gasteiger partial charge in [0.1, 0.15) is 30.3 Å². The number of rotatable bonds is 11. The van der Waals surface area contributed by atoms with Crippen LogP contribution in [0.15, 0.2) is 61.3 Å². The van der Waals surface area contributed by atoms with Crippen LogP contribution in [-0.2, 0) is 17.9 Å². The zero-order valence-corrected chi connectivity index (χ0v) is 23.7. The number of fused-ring (bicyclic) bond motifs is 1. The fourth-order valence-electron chi connectivity index (χ4n) is 3.95. The van der Waals surface area contributed by atoms with E-state index in [1.165, 1.54) is 37.1 Å². The maximum absolute atomic E-state index is 13.2. The summed E-state index contributed by atoms with van der Waals surface area (Å²) in [5, 5.41) is 26.7.